The second-order valence-corrected chi connectivity index (χ2v) is 4.84. The average molecular weight is 189 g/mol. The van der Waals surface area contributed by atoms with Crippen molar-refractivity contribution < 1.29 is 0 Å². The van der Waals surface area contributed by atoms with Crippen LogP contribution in [0.25, 0.3) is 5.65 Å². The van der Waals surface area contributed by atoms with Gasteiger partial charge in [0.25, 0.3) is 0 Å². The Morgan fingerprint density at radius 2 is 2.14 bits per heavy atom. The zero-order chi connectivity index (χ0) is 10.2. The highest BCUT2D eigenvalue weighted by Gasteiger charge is 2.11. The van der Waals surface area contributed by atoms with E-state index in [1.165, 1.54) is 5.56 Å². The molecule has 0 N–H and O–H groups in total. The molecule has 0 fully saturated rings. The van der Waals surface area contributed by atoms with E-state index < -0.39 is 0 Å². The number of pyridine rings is 1. The van der Waals surface area contributed by atoms with E-state index in [4.69, 9.17) is 0 Å². The molecule has 0 amide bonds. The molecule has 0 aliphatic heterocycles. The van der Waals surface area contributed by atoms with E-state index in [2.05, 4.69) is 43.0 Å². The van der Waals surface area contributed by atoms with Crippen LogP contribution in [0.15, 0.2) is 24.7 Å². The summed E-state index contributed by atoms with van der Waals surface area (Å²) in [4.78, 5) is 4.16. The molecule has 3 heteroatoms. The lowest BCUT2D eigenvalue weighted by Gasteiger charge is -2.17. The standard InChI is InChI=1S/C11H15N3/c1-11(2,3)7-9-4-5-14-10(6-9)12-8-13-14/h4-6,8H,7H2,1-3H3. The minimum Gasteiger partial charge on any atom is -0.221 e. The van der Waals surface area contributed by atoms with Crippen molar-refractivity contribution in [1.82, 2.24) is 14.6 Å². The van der Waals surface area contributed by atoms with Crippen LogP contribution in [0, 0.1) is 5.41 Å². The third-order valence-electron chi connectivity index (χ3n) is 2.08. The Morgan fingerprint density at radius 3 is 2.86 bits per heavy atom. The zero-order valence-electron chi connectivity index (χ0n) is 8.86. The molecule has 0 aromatic carbocycles. The highest BCUT2D eigenvalue weighted by molar-refractivity contribution is 5.39. The summed E-state index contributed by atoms with van der Waals surface area (Å²) in [5.41, 5.74) is 2.56. The molecule has 0 spiro atoms. The van der Waals surface area contributed by atoms with Crippen LogP contribution < -0.4 is 0 Å². The van der Waals surface area contributed by atoms with Crippen molar-refractivity contribution in [1.29, 1.82) is 0 Å². The normalized spacial score (nSPS) is 12.2. The molecule has 0 atom stereocenters. The molecule has 0 saturated carbocycles. The molecular formula is C11H15N3. The molecule has 0 aliphatic rings. The van der Waals surface area contributed by atoms with Gasteiger partial charge in [0, 0.05) is 6.20 Å². The zero-order valence-corrected chi connectivity index (χ0v) is 8.86. The Hall–Kier alpha value is -1.38. The summed E-state index contributed by atoms with van der Waals surface area (Å²) in [6.07, 6.45) is 4.61. The summed E-state index contributed by atoms with van der Waals surface area (Å²) >= 11 is 0. The first kappa shape index (κ1) is 9.19. The van der Waals surface area contributed by atoms with E-state index >= 15 is 0 Å². The van der Waals surface area contributed by atoms with E-state index in [-0.39, 0.29) is 0 Å². The van der Waals surface area contributed by atoms with Gasteiger partial charge in [-0.2, -0.15) is 5.10 Å². The van der Waals surface area contributed by atoms with Crippen LogP contribution in [0.2, 0.25) is 0 Å². The van der Waals surface area contributed by atoms with Crippen molar-refractivity contribution >= 4 is 5.65 Å². The summed E-state index contributed by atoms with van der Waals surface area (Å²) in [6, 6.07) is 4.20. The number of hydrogen-bond donors (Lipinski definition) is 0. The maximum absolute atomic E-state index is 4.16. The molecule has 0 aliphatic carbocycles. The van der Waals surface area contributed by atoms with Gasteiger partial charge in [0.15, 0.2) is 5.65 Å². The van der Waals surface area contributed by atoms with Gasteiger partial charge in [0.1, 0.15) is 6.33 Å². The molecule has 3 nitrogen and oxygen atoms in total. The number of rotatable bonds is 1. The number of nitrogens with zero attached hydrogens (tertiary/aromatic N) is 3. The maximum Gasteiger partial charge on any atom is 0.155 e. The van der Waals surface area contributed by atoms with Gasteiger partial charge in [0.2, 0.25) is 0 Å². The van der Waals surface area contributed by atoms with Gasteiger partial charge < -0.3 is 0 Å². The quantitative estimate of drug-likeness (QED) is 0.689. The summed E-state index contributed by atoms with van der Waals surface area (Å²) in [7, 11) is 0. The lowest BCUT2D eigenvalue weighted by molar-refractivity contribution is 0.411. The van der Waals surface area contributed by atoms with Crippen LogP contribution >= 0.6 is 0 Å². The fraction of sp³-hybridized carbons (Fsp3) is 0.455. The molecule has 2 aromatic rings. The minimum atomic E-state index is 0.318. The van der Waals surface area contributed by atoms with E-state index in [1.54, 1.807) is 10.8 Å². The fourth-order valence-corrected chi connectivity index (χ4v) is 1.58. The SMILES string of the molecule is CC(C)(C)Cc1ccn2ncnc2c1. The first-order chi connectivity index (χ1) is 6.54. The lowest BCUT2D eigenvalue weighted by atomic mass is 9.88. The number of fused-ring (bicyclic) bond motifs is 1. The van der Waals surface area contributed by atoms with Gasteiger partial charge in [-0.1, -0.05) is 20.8 Å². The Balaban J connectivity index is 2.35. The van der Waals surface area contributed by atoms with Crippen molar-refractivity contribution in [3.63, 3.8) is 0 Å². The van der Waals surface area contributed by atoms with Gasteiger partial charge >= 0.3 is 0 Å². The van der Waals surface area contributed by atoms with Crippen LogP contribution in [0.4, 0.5) is 0 Å². The van der Waals surface area contributed by atoms with Crippen molar-refractivity contribution in [3.8, 4) is 0 Å². The largest absolute Gasteiger partial charge is 0.221 e. The van der Waals surface area contributed by atoms with Gasteiger partial charge in [-0.25, -0.2) is 9.50 Å². The van der Waals surface area contributed by atoms with Crippen molar-refractivity contribution in [2.24, 2.45) is 5.41 Å². The Labute approximate surface area is 83.8 Å². The Bertz CT molecular complexity index is 437. The van der Waals surface area contributed by atoms with Crippen LogP contribution in [0.5, 0.6) is 0 Å². The van der Waals surface area contributed by atoms with E-state index in [1.807, 2.05) is 6.20 Å². The highest BCUT2D eigenvalue weighted by atomic mass is 15.3. The van der Waals surface area contributed by atoms with E-state index in [9.17, 15) is 0 Å². The summed E-state index contributed by atoms with van der Waals surface area (Å²) < 4.78 is 1.78. The topological polar surface area (TPSA) is 30.2 Å². The second kappa shape index (κ2) is 3.08. The molecule has 0 unspecified atom stereocenters. The molecule has 0 saturated heterocycles. The molecule has 2 heterocycles. The van der Waals surface area contributed by atoms with Crippen LogP contribution in [0.1, 0.15) is 26.3 Å². The van der Waals surface area contributed by atoms with Gasteiger partial charge in [-0.05, 0) is 29.5 Å². The summed E-state index contributed by atoms with van der Waals surface area (Å²) in [5, 5.41) is 4.06. The first-order valence-corrected chi connectivity index (χ1v) is 4.83. The smallest absolute Gasteiger partial charge is 0.155 e. The summed E-state index contributed by atoms with van der Waals surface area (Å²) in [6.45, 7) is 6.71. The molecular weight excluding hydrogens is 174 g/mol. The van der Waals surface area contributed by atoms with Crippen molar-refractivity contribution in [2.75, 3.05) is 0 Å². The van der Waals surface area contributed by atoms with Gasteiger partial charge in [0.05, 0.1) is 0 Å². The third-order valence-corrected chi connectivity index (χ3v) is 2.08. The van der Waals surface area contributed by atoms with E-state index in [0.29, 0.717) is 5.41 Å². The average Bonchev–Trinajstić information content (AvgIpc) is 2.47. The van der Waals surface area contributed by atoms with Gasteiger partial charge in [-0.15, -0.1) is 0 Å². The lowest BCUT2D eigenvalue weighted by Crippen LogP contribution is -2.09. The predicted octanol–water partition coefficient (Wildman–Crippen LogP) is 2.32. The molecule has 0 radical (unpaired) electrons. The number of hydrogen-bond acceptors (Lipinski definition) is 2. The van der Waals surface area contributed by atoms with Crippen LogP contribution in [-0.2, 0) is 6.42 Å². The first-order valence-electron chi connectivity index (χ1n) is 4.83. The molecule has 2 aromatic heterocycles. The molecule has 0 bridgehead atoms. The van der Waals surface area contributed by atoms with Gasteiger partial charge in [-0.3, -0.25) is 0 Å². The third kappa shape index (κ3) is 1.92. The highest BCUT2D eigenvalue weighted by Crippen LogP contribution is 2.20. The molecule has 14 heavy (non-hydrogen) atoms. The fourth-order valence-electron chi connectivity index (χ4n) is 1.58. The molecule has 74 valence electrons. The maximum atomic E-state index is 4.16. The predicted molar refractivity (Wildman–Crippen MR) is 56.1 cm³/mol. The van der Waals surface area contributed by atoms with Crippen molar-refractivity contribution in [3.05, 3.63) is 30.2 Å². The number of aromatic nitrogens is 3. The van der Waals surface area contributed by atoms with Crippen LogP contribution in [0.3, 0.4) is 0 Å². The Kier molecular flexibility index (Phi) is 2.02. The van der Waals surface area contributed by atoms with Crippen molar-refractivity contribution in [2.45, 2.75) is 27.2 Å². The monoisotopic (exact) mass is 189 g/mol. The Morgan fingerprint density at radius 1 is 1.36 bits per heavy atom. The molecule has 2 rings (SSSR count). The van der Waals surface area contributed by atoms with E-state index in [0.717, 1.165) is 12.1 Å². The summed E-state index contributed by atoms with van der Waals surface area (Å²) in [5.74, 6) is 0. The second-order valence-electron chi connectivity index (χ2n) is 4.84. The minimum absolute atomic E-state index is 0.318. The van der Waals surface area contributed by atoms with Crippen LogP contribution in [-0.4, -0.2) is 14.6 Å².